The largest absolute Gasteiger partial charge is 0.444 e. The standard InChI is InChI=1S/C11H22N2O3/c1-11(2,3)16-10(15)13-5-4-8(7-13)9(14)6-12/h8-9,14H,4-7,12H2,1-3H3. The number of ether oxygens (including phenoxy) is 1. The van der Waals surface area contributed by atoms with Gasteiger partial charge in [0.05, 0.1) is 6.10 Å². The maximum absolute atomic E-state index is 11.7. The molecule has 0 aromatic rings. The minimum Gasteiger partial charge on any atom is -0.444 e. The lowest BCUT2D eigenvalue weighted by Gasteiger charge is -2.24. The monoisotopic (exact) mass is 230 g/mol. The van der Waals surface area contributed by atoms with Gasteiger partial charge in [0.25, 0.3) is 0 Å². The molecule has 0 aromatic heterocycles. The van der Waals surface area contributed by atoms with Gasteiger partial charge in [-0.05, 0) is 27.2 Å². The SMILES string of the molecule is CC(C)(C)OC(=O)N1CCC(C(O)CN)C1. The van der Waals surface area contributed by atoms with Crippen molar-refractivity contribution in [1.82, 2.24) is 4.90 Å². The van der Waals surface area contributed by atoms with E-state index in [0.29, 0.717) is 13.1 Å². The van der Waals surface area contributed by atoms with E-state index < -0.39 is 11.7 Å². The fourth-order valence-electron chi connectivity index (χ4n) is 1.79. The Morgan fingerprint density at radius 1 is 1.62 bits per heavy atom. The van der Waals surface area contributed by atoms with Crippen molar-refractivity contribution in [2.45, 2.75) is 38.9 Å². The smallest absolute Gasteiger partial charge is 0.410 e. The Labute approximate surface area is 96.6 Å². The number of rotatable bonds is 2. The Balaban J connectivity index is 2.44. The second-order valence-electron chi connectivity index (χ2n) is 5.28. The topological polar surface area (TPSA) is 75.8 Å². The zero-order valence-corrected chi connectivity index (χ0v) is 10.3. The van der Waals surface area contributed by atoms with Gasteiger partial charge in [-0.1, -0.05) is 0 Å². The molecule has 1 rings (SSSR count). The quantitative estimate of drug-likeness (QED) is 0.727. The highest BCUT2D eigenvalue weighted by atomic mass is 16.6. The number of amides is 1. The van der Waals surface area contributed by atoms with Crippen LogP contribution in [0.4, 0.5) is 4.79 Å². The van der Waals surface area contributed by atoms with E-state index in [4.69, 9.17) is 10.5 Å². The first-order valence-electron chi connectivity index (χ1n) is 5.69. The zero-order chi connectivity index (χ0) is 12.3. The average molecular weight is 230 g/mol. The summed E-state index contributed by atoms with van der Waals surface area (Å²) in [6, 6.07) is 0. The second kappa shape index (κ2) is 5.01. The van der Waals surface area contributed by atoms with Crippen LogP contribution in [0.25, 0.3) is 0 Å². The van der Waals surface area contributed by atoms with E-state index >= 15 is 0 Å². The van der Waals surface area contributed by atoms with Crippen LogP contribution in [0, 0.1) is 5.92 Å². The number of hydrogen-bond acceptors (Lipinski definition) is 4. The molecule has 1 fully saturated rings. The van der Waals surface area contributed by atoms with E-state index in [1.165, 1.54) is 0 Å². The van der Waals surface area contributed by atoms with Crippen molar-refractivity contribution in [3.63, 3.8) is 0 Å². The molecule has 5 nitrogen and oxygen atoms in total. The number of hydrogen-bond donors (Lipinski definition) is 2. The van der Waals surface area contributed by atoms with E-state index in [1.807, 2.05) is 20.8 Å². The van der Waals surface area contributed by atoms with Crippen LogP contribution < -0.4 is 5.73 Å². The summed E-state index contributed by atoms with van der Waals surface area (Å²) in [5.74, 6) is 0.0810. The lowest BCUT2D eigenvalue weighted by molar-refractivity contribution is 0.0271. The zero-order valence-electron chi connectivity index (χ0n) is 10.3. The molecule has 1 heterocycles. The minimum atomic E-state index is -0.521. The normalized spacial score (nSPS) is 23.3. The highest BCUT2D eigenvalue weighted by molar-refractivity contribution is 5.68. The van der Waals surface area contributed by atoms with Crippen LogP contribution >= 0.6 is 0 Å². The van der Waals surface area contributed by atoms with Gasteiger partial charge in [0.1, 0.15) is 5.60 Å². The molecule has 1 aliphatic heterocycles. The molecule has 0 radical (unpaired) electrons. The van der Waals surface area contributed by atoms with Crippen molar-refractivity contribution in [3.8, 4) is 0 Å². The Morgan fingerprint density at radius 3 is 2.75 bits per heavy atom. The highest BCUT2D eigenvalue weighted by Gasteiger charge is 2.32. The molecule has 94 valence electrons. The maximum atomic E-state index is 11.7. The van der Waals surface area contributed by atoms with Crippen LogP contribution in [-0.2, 0) is 4.74 Å². The number of likely N-dealkylation sites (tertiary alicyclic amines) is 1. The minimum absolute atomic E-state index is 0.0810. The van der Waals surface area contributed by atoms with Gasteiger partial charge < -0.3 is 20.5 Å². The molecular weight excluding hydrogens is 208 g/mol. The summed E-state index contributed by atoms with van der Waals surface area (Å²) in [4.78, 5) is 13.3. The van der Waals surface area contributed by atoms with Crippen molar-refractivity contribution in [2.24, 2.45) is 11.7 Å². The molecule has 5 heteroatoms. The molecule has 0 bridgehead atoms. The molecule has 2 atom stereocenters. The van der Waals surface area contributed by atoms with Crippen LogP contribution in [-0.4, -0.2) is 47.4 Å². The molecule has 0 spiro atoms. The van der Waals surface area contributed by atoms with Gasteiger partial charge in [-0.2, -0.15) is 0 Å². The van der Waals surface area contributed by atoms with E-state index in [2.05, 4.69) is 0 Å². The van der Waals surface area contributed by atoms with Gasteiger partial charge in [0.2, 0.25) is 0 Å². The summed E-state index contributed by atoms with van der Waals surface area (Å²) in [7, 11) is 0. The third-order valence-electron chi connectivity index (χ3n) is 2.66. The van der Waals surface area contributed by atoms with Crippen molar-refractivity contribution in [2.75, 3.05) is 19.6 Å². The van der Waals surface area contributed by atoms with Gasteiger partial charge in [-0.25, -0.2) is 4.79 Å². The molecule has 2 unspecified atom stereocenters. The third kappa shape index (κ3) is 3.64. The van der Waals surface area contributed by atoms with Crippen LogP contribution in [0.2, 0.25) is 0 Å². The molecule has 16 heavy (non-hydrogen) atoms. The van der Waals surface area contributed by atoms with E-state index in [-0.39, 0.29) is 18.6 Å². The number of aliphatic hydroxyl groups is 1. The van der Waals surface area contributed by atoms with Crippen molar-refractivity contribution in [3.05, 3.63) is 0 Å². The van der Waals surface area contributed by atoms with Crippen LogP contribution in [0.5, 0.6) is 0 Å². The Bertz CT molecular complexity index is 250. The summed E-state index contributed by atoms with van der Waals surface area (Å²) in [5.41, 5.74) is 4.92. The van der Waals surface area contributed by atoms with Crippen molar-refractivity contribution >= 4 is 6.09 Å². The van der Waals surface area contributed by atoms with Gasteiger partial charge in [-0.15, -0.1) is 0 Å². The lowest BCUT2D eigenvalue weighted by atomic mass is 10.0. The van der Waals surface area contributed by atoms with Gasteiger partial charge in [0.15, 0.2) is 0 Å². The average Bonchev–Trinajstić information content (AvgIpc) is 2.62. The lowest BCUT2D eigenvalue weighted by Crippen LogP contribution is -2.37. The van der Waals surface area contributed by atoms with E-state index in [0.717, 1.165) is 6.42 Å². The molecule has 1 amide bonds. The highest BCUT2D eigenvalue weighted by Crippen LogP contribution is 2.21. The first-order chi connectivity index (χ1) is 7.33. The molecular formula is C11H22N2O3. The molecule has 1 aliphatic rings. The number of carbonyl (C=O) groups is 1. The van der Waals surface area contributed by atoms with E-state index in [1.54, 1.807) is 4.90 Å². The summed E-state index contributed by atoms with van der Waals surface area (Å²) in [6.07, 6.45) is -0.0379. The van der Waals surface area contributed by atoms with Gasteiger partial charge in [-0.3, -0.25) is 0 Å². The Kier molecular flexibility index (Phi) is 4.15. The summed E-state index contributed by atoms with van der Waals surface area (Å²) in [6.45, 7) is 6.93. The first-order valence-corrected chi connectivity index (χ1v) is 5.69. The molecule has 1 saturated heterocycles. The van der Waals surface area contributed by atoms with Crippen LogP contribution in [0.3, 0.4) is 0 Å². The maximum Gasteiger partial charge on any atom is 0.410 e. The Morgan fingerprint density at radius 2 is 2.25 bits per heavy atom. The Hall–Kier alpha value is -0.810. The number of carbonyl (C=O) groups excluding carboxylic acids is 1. The van der Waals surface area contributed by atoms with Crippen molar-refractivity contribution < 1.29 is 14.6 Å². The molecule has 0 saturated carbocycles. The summed E-state index contributed by atoms with van der Waals surface area (Å²) < 4.78 is 5.26. The number of nitrogens with zero attached hydrogens (tertiary/aromatic N) is 1. The second-order valence-corrected chi connectivity index (χ2v) is 5.28. The molecule has 0 aliphatic carbocycles. The van der Waals surface area contributed by atoms with Crippen LogP contribution in [0.1, 0.15) is 27.2 Å². The number of aliphatic hydroxyl groups excluding tert-OH is 1. The fourth-order valence-corrected chi connectivity index (χ4v) is 1.79. The predicted octanol–water partition coefficient (Wildman–Crippen LogP) is 0.563. The summed E-state index contributed by atoms with van der Waals surface area (Å²) in [5, 5.41) is 9.59. The number of nitrogens with two attached hydrogens (primary N) is 1. The van der Waals surface area contributed by atoms with Crippen molar-refractivity contribution in [1.29, 1.82) is 0 Å². The first kappa shape index (κ1) is 13.3. The molecule has 3 N–H and O–H groups in total. The predicted molar refractivity (Wildman–Crippen MR) is 61.0 cm³/mol. The van der Waals surface area contributed by atoms with Crippen LogP contribution in [0.15, 0.2) is 0 Å². The molecule has 0 aromatic carbocycles. The third-order valence-corrected chi connectivity index (χ3v) is 2.66. The van der Waals surface area contributed by atoms with Gasteiger partial charge in [0, 0.05) is 25.6 Å². The van der Waals surface area contributed by atoms with Gasteiger partial charge >= 0.3 is 6.09 Å². The van der Waals surface area contributed by atoms with E-state index in [9.17, 15) is 9.90 Å². The fraction of sp³-hybridized carbons (Fsp3) is 0.909. The summed E-state index contributed by atoms with van der Waals surface area (Å²) >= 11 is 0.